The fourth-order valence-corrected chi connectivity index (χ4v) is 1.90. The van der Waals surface area contributed by atoms with Gasteiger partial charge in [0, 0.05) is 18.6 Å². The van der Waals surface area contributed by atoms with E-state index in [9.17, 15) is 13.2 Å². The van der Waals surface area contributed by atoms with Gasteiger partial charge in [0.15, 0.2) is 5.82 Å². The summed E-state index contributed by atoms with van der Waals surface area (Å²) in [6, 6.07) is 4.57. The van der Waals surface area contributed by atoms with Crippen LogP contribution < -0.4 is 4.72 Å². The molecule has 2 aromatic rings. The molecule has 0 amide bonds. The Kier molecular flexibility index (Phi) is 3.52. The maximum atomic E-state index is 12.2. The third-order valence-electron chi connectivity index (χ3n) is 2.10. The molecular formula is C11H10N4O3S. The van der Waals surface area contributed by atoms with Crippen molar-refractivity contribution in [1.29, 1.82) is 0 Å². The Morgan fingerprint density at radius 1 is 1.11 bits per heavy atom. The first-order chi connectivity index (χ1) is 8.97. The fourth-order valence-electron chi connectivity index (χ4n) is 1.38. The highest BCUT2D eigenvalue weighted by atomic mass is 32.2. The molecule has 8 heteroatoms. The second-order valence-electron chi connectivity index (χ2n) is 3.68. The molecule has 0 bridgehead atoms. The smallest absolute Gasteiger partial charge is 0.233 e. The van der Waals surface area contributed by atoms with Crippen LogP contribution in [0.2, 0.25) is 0 Å². The fraction of sp³-hybridized carbons (Fsp3) is 0.0909. The van der Waals surface area contributed by atoms with Crippen molar-refractivity contribution in [2.45, 2.75) is 0 Å². The van der Waals surface area contributed by atoms with E-state index in [0.29, 0.717) is 0 Å². The number of hydrogen-bond acceptors (Lipinski definition) is 6. The van der Waals surface area contributed by atoms with Crippen LogP contribution >= 0.6 is 0 Å². The van der Waals surface area contributed by atoms with E-state index in [1.165, 1.54) is 30.7 Å². The molecule has 0 aliphatic carbocycles. The van der Waals surface area contributed by atoms with Gasteiger partial charge in [-0.15, -0.1) is 0 Å². The number of carbonyl (C=O) groups is 1. The predicted molar refractivity (Wildman–Crippen MR) is 68.2 cm³/mol. The van der Waals surface area contributed by atoms with Crippen molar-refractivity contribution in [2.75, 3.05) is 11.0 Å². The molecule has 0 fully saturated rings. The van der Waals surface area contributed by atoms with Gasteiger partial charge in [-0.2, -0.15) is 0 Å². The van der Waals surface area contributed by atoms with E-state index < -0.39 is 15.8 Å². The molecule has 0 unspecified atom stereocenters. The van der Waals surface area contributed by atoms with Gasteiger partial charge in [0.05, 0.1) is 11.8 Å². The molecule has 0 radical (unpaired) electrons. The lowest BCUT2D eigenvalue weighted by molar-refractivity contribution is 0.103. The molecule has 19 heavy (non-hydrogen) atoms. The highest BCUT2D eigenvalue weighted by Gasteiger charge is 2.18. The highest BCUT2D eigenvalue weighted by molar-refractivity contribution is 7.92. The number of aromatic nitrogens is 3. The highest BCUT2D eigenvalue weighted by Crippen LogP contribution is 2.15. The molecule has 0 aliphatic heterocycles. The zero-order valence-electron chi connectivity index (χ0n) is 9.94. The summed E-state index contributed by atoms with van der Waals surface area (Å²) in [5.74, 6) is -0.561. The number of carbonyl (C=O) groups excluding carboxylic acids is 1. The standard InChI is InChI=1S/C11H10N4O3S/c1-19(17,18)15-10-8(4-2-5-12-10)9(16)11-13-6-3-7-14-11/h2-7H,1H3,(H,12,15). The average Bonchev–Trinajstić information content (AvgIpc) is 2.38. The molecule has 0 aromatic carbocycles. The van der Waals surface area contributed by atoms with E-state index in [2.05, 4.69) is 19.7 Å². The SMILES string of the molecule is CS(=O)(=O)Nc1ncccc1C(=O)c1ncccn1. The van der Waals surface area contributed by atoms with Gasteiger partial charge in [0.25, 0.3) is 0 Å². The molecule has 2 heterocycles. The number of sulfonamides is 1. The summed E-state index contributed by atoms with van der Waals surface area (Å²) in [4.78, 5) is 23.7. The van der Waals surface area contributed by atoms with Gasteiger partial charge in [-0.25, -0.2) is 23.4 Å². The Bertz CT molecular complexity index is 701. The first-order valence-electron chi connectivity index (χ1n) is 5.22. The van der Waals surface area contributed by atoms with Crippen molar-refractivity contribution < 1.29 is 13.2 Å². The first kappa shape index (κ1) is 13.1. The minimum Gasteiger partial charge on any atom is -0.285 e. The van der Waals surface area contributed by atoms with E-state index in [1.54, 1.807) is 6.07 Å². The first-order valence-corrected chi connectivity index (χ1v) is 7.11. The summed E-state index contributed by atoms with van der Waals surface area (Å²) in [7, 11) is -3.52. The van der Waals surface area contributed by atoms with Crippen molar-refractivity contribution in [3.63, 3.8) is 0 Å². The van der Waals surface area contributed by atoms with E-state index in [1.807, 2.05) is 0 Å². The van der Waals surface area contributed by atoms with Crippen molar-refractivity contribution in [1.82, 2.24) is 15.0 Å². The number of ketones is 1. The monoisotopic (exact) mass is 278 g/mol. The van der Waals surface area contributed by atoms with E-state index in [4.69, 9.17) is 0 Å². The summed E-state index contributed by atoms with van der Waals surface area (Å²) in [6.45, 7) is 0. The average molecular weight is 278 g/mol. The van der Waals surface area contributed by atoms with Crippen molar-refractivity contribution in [2.24, 2.45) is 0 Å². The Balaban J connectivity index is 2.43. The van der Waals surface area contributed by atoms with Crippen LogP contribution in [0.4, 0.5) is 5.82 Å². The number of anilines is 1. The van der Waals surface area contributed by atoms with E-state index >= 15 is 0 Å². The summed E-state index contributed by atoms with van der Waals surface area (Å²) < 4.78 is 24.6. The molecule has 0 aliphatic rings. The Hall–Kier alpha value is -2.35. The maximum absolute atomic E-state index is 12.2. The Labute approximate surface area is 109 Å². The molecular weight excluding hydrogens is 268 g/mol. The topological polar surface area (TPSA) is 102 Å². The number of hydrogen-bond donors (Lipinski definition) is 1. The molecule has 7 nitrogen and oxygen atoms in total. The second kappa shape index (κ2) is 5.11. The number of pyridine rings is 1. The van der Waals surface area contributed by atoms with Crippen LogP contribution in [0.5, 0.6) is 0 Å². The van der Waals surface area contributed by atoms with Crippen LogP contribution in [0.3, 0.4) is 0 Å². The summed E-state index contributed by atoms with van der Waals surface area (Å²) in [5, 5.41) is 0. The summed E-state index contributed by atoms with van der Waals surface area (Å²) >= 11 is 0. The summed E-state index contributed by atoms with van der Waals surface area (Å²) in [5.41, 5.74) is 0.0964. The third kappa shape index (κ3) is 3.32. The predicted octanol–water partition coefficient (Wildman–Crippen LogP) is 0.474. The minimum atomic E-state index is -3.52. The zero-order chi connectivity index (χ0) is 13.9. The quantitative estimate of drug-likeness (QED) is 0.816. The second-order valence-corrected chi connectivity index (χ2v) is 5.42. The van der Waals surface area contributed by atoms with Gasteiger partial charge < -0.3 is 0 Å². The lowest BCUT2D eigenvalue weighted by Gasteiger charge is -2.07. The molecule has 2 aromatic heterocycles. The molecule has 2 rings (SSSR count). The third-order valence-corrected chi connectivity index (χ3v) is 2.67. The van der Waals surface area contributed by atoms with Gasteiger partial charge in [0.2, 0.25) is 21.6 Å². The van der Waals surface area contributed by atoms with Crippen molar-refractivity contribution in [3.8, 4) is 0 Å². The van der Waals surface area contributed by atoms with Crippen LogP contribution in [-0.4, -0.2) is 35.4 Å². The van der Waals surface area contributed by atoms with Crippen LogP contribution in [0.1, 0.15) is 16.2 Å². The maximum Gasteiger partial charge on any atom is 0.233 e. The lowest BCUT2D eigenvalue weighted by atomic mass is 10.1. The molecule has 0 atom stereocenters. The number of rotatable bonds is 4. The largest absolute Gasteiger partial charge is 0.285 e. The Morgan fingerprint density at radius 3 is 2.37 bits per heavy atom. The van der Waals surface area contributed by atoms with Crippen LogP contribution in [0, 0.1) is 0 Å². The molecule has 0 spiro atoms. The molecule has 1 N–H and O–H groups in total. The molecule has 0 saturated heterocycles. The minimum absolute atomic E-state index is 0.0212. The number of nitrogens with one attached hydrogen (secondary N) is 1. The normalized spacial score (nSPS) is 11.0. The van der Waals surface area contributed by atoms with Crippen molar-refractivity contribution in [3.05, 3.63) is 48.2 Å². The molecule has 0 saturated carbocycles. The number of nitrogens with zero attached hydrogens (tertiary/aromatic N) is 3. The van der Waals surface area contributed by atoms with E-state index in [0.717, 1.165) is 6.26 Å². The van der Waals surface area contributed by atoms with Gasteiger partial charge in [-0.1, -0.05) is 0 Å². The van der Waals surface area contributed by atoms with E-state index in [-0.39, 0.29) is 17.2 Å². The van der Waals surface area contributed by atoms with Gasteiger partial charge in [-0.3, -0.25) is 9.52 Å². The van der Waals surface area contributed by atoms with Crippen molar-refractivity contribution >= 4 is 21.6 Å². The van der Waals surface area contributed by atoms with Crippen LogP contribution in [-0.2, 0) is 10.0 Å². The van der Waals surface area contributed by atoms with Crippen LogP contribution in [0.25, 0.3) is 0 Å². The zero-order valence-corrected chi connectivity index (χ0v) is 10.8. The Morgan fingerprint density at radius 2 is 1.74 bits per heavy atom. The van der Waals surface area contributed by atoms with Gasteiger partial charge >= 0.3 is 0 Å². The summed E-state index contributed by atoms with van der Waals surface area (Å²) in [6.07, 6.45) is 5.23. The van der Waals surface area contributed by atoms with Crippen LogP contribution in [0.15, 0.2) is 36.8 Å². The van der Waals surface area contributed by atoms with Gasteiger partial charge in [-0.05, 0) is 18.2 Å². The lowest BCUT2D eigenvalue weighted by Crippen LogP contribution is -2.16. The molecule has 98 valence electrons. The van der Waals surface area contributed by atoms with Gasteiger partial charge in [0.1, 0.15) is 0 Å².